The number of esters is 1. The van der Waals surface area contributed by atoms with Crippen LogP contribution in [0, 0.1) is 28.6 Å². The molecule has 0 aromatic heterocycles. The predicted molar refractivity (Wildman–Crippen MR) is 121 cm³/mol. The summed E-state index contributed by atoms with van der Waals surface area (Å²) in [4.78, 5) is 24.7. The van der Waals surface area contributed by atoms with Gasteiger partial charge in [0.15, 0.2) is 5.78 Å². The highest BCUT2D eigenvalue weighted by Crippen LogP contribution is 2.65. The Balaban J connectivity index is 1.26. The van der Waals surface area contributed by atoms with E-state index in [2.05, 4.69) is 26.0 Å². The van der Waals surface area contributed by atoms with Crippen LogP contribution in [-0.2, 0) is 20.7 Å². The van der Waals surface area contributed by atoms with Gasteiger partial charge in [-0.15, -0.1) is 0 Å². The largest absolute Gasteiger partial charge is 0.462 e. The quantitative estimate of drug-likeness (QED) is 0.556. The van der Waals surface area contributed by atoms with Crippen molar-refractivity contribution in [2.24, 2.45) is 28.6 Å². The average molecular weight is 421 g/mol. The minimum Gasteiger partial charge on any atom is -0.462 e. The molecule has 5 rings (SSSR count). The Morgan fingerprint density at radius 3 is 2.61 bits per heavy atom. The molecule has 3 nitrogen and oxygen atoms in total. The lowest BCUT2D eigenvalue weighted by molar-refractivity contribution is -0.159. The van der Waals surface area contributed by atoms with E-state index in [0.29, 0.717) is 36.4 Å². The van der Waals surface area contributed by atoms with Gasteiger partial charge in [-0.1, -0.05) is 49.8 Å². The minimum atomic E-state index is -0.0375. The van der Waals surface area contributed by atoms with E-state index in [1.165, 1.54) is 30.4 Å². The van der Waals surface area contributed by atoms with Crippen molar-refractivity contribution in [3.8, 4) is 0 Å². The van der Waals surface area contributed by atoms with E-state index >= 15 is 0 Å². The zero-order valence-corrected chi connectivity index (χ0v) is 19.1. The molecule has 166 valence electrons. The number of carbonyl (C=O) groups excluding carboxylic acids is 2. The molecule has 4 aliphatic rings. The number of allylic oxidation sites excluding steroid dienone is 1. The third-order valence-corrected chi connectivity index (χ3v) is 9.61. The van der Waals surface area contributed by atoms with Crippen LogP contribution in [0.5, 0.6) is 0 Å². The molecule has 0 spiro atoms. The molecule has 0 N–H and O–H groups in total. The Morgan fingerprint density at radius 1 is 1.00 bits per heavy atom. The van der Waals surface area contributed by atoms with Gasteiger partial charge < -0.3 is 4.74 Å². The Hall–Kier alpha value is -1.90. The van der Waals surface area contributed by atoms with Crippen molar-refractivity contribution in [1.29, 1.82) is 0 Å². The standard InChI is InChI=1S/C28H36O3/c1-27-16-14-21(29)18-20(27)9-10-22-23-11-12-25(28(23,2)17-15-24(22)27)31-26(30)13-8-19-6-4-3-5-7-19/h3-7,18,22-25H,8-17H2,1-2H3/t22?,23?,24?,25-,27?,28?/m0/s1. The topological polar surface area (TPSA) is 43.4 Å². The van der Waals surface area contributed by atoms with Crippen molar-refractivity contribution in [2.75, 3.05) is 0 Å². The number of benzene rings is 1. The van der Waals surface area contributed by atoms with E-state index in [-0.39, 0.29) is 22.9 Å². The number of rotatable bonds is 4. The van der Waals surface area contributed by atoms with Crippen LogP contribution in [0.4, 0.5) is 0 Å². The summed E-state index contributed by atoms with van der Waals surface area (Å²) in [6, 6.07) is 10.2. The first kappa shape index (κ1) is 21.0. The average Bonchev–Trinajstić information content (AvgIpc) is 3.10. The van der Waals surface area contributed by atoms with Gasteiger partial charge in [0.2, 0.25) is 0 Å². The number of ketones is 1. The van der Waals surface area contributed by atoms with Crippen LogP contribution in [0.1, 0.15) is 77.2 Å². The molecule has 0 aliphatic heterocycles. The second kappa shape index (κ2) is 7.90. The van der Waals surface area contributed by atoms with Crippen LogP contribution in [0.2, 0.25) is 0 Å². The monoisotopic (exact) mass is 420 g/mol. The van der Waals surface area contributed by atoms with Gasteiger partial charge in [0, 0.05) is 18.3 Å². The Labute approximate surface area is 186 Å². The number of carbonyl (C=O) groups is 2. The summed E-state index contributed by atoms with van der Waals surface area (Å²) in [5.74, 6) is 2.34. The summed E-state index contributed by atoms with van der Waals surface area (Å²) in [5.41, 5.74) is 2.95. The summed E-state index contributed by atoms with van der Waals surface area (Å²) >= 11 is 0. The van der Waals surface area contributed by atoms with Crippen molar-refractivity contribution in [3.63, 3.8) is 0 Å². The minimum absolute atomic E-state index is 0.0375. The molecule has 0 radical (unpaired) electrons. The van der Waals surface area contributed by atoms with E-state index in [0.717, 1.165) is 32.1 Å². The molecule has 31 heavy (non-hydrogen) atoms. The molecule has 1 aromatic carbocycles. The van der Waals surface area contributed by atoms with Gasteiger partial charge in [-0.25, -0.2) is 0 Å². The lowest BCUT2D eigenvalue weighted by Gasteiger charge is -2.57. The van der Waals surface area contributed by atoms with Crippen LogP contribution >= 0.6 is 0 Å². The second-order valence-corrected chi connectivity index (χ2v) is 11.1. The summed E-state index contributed by atoms with van der Waals surface area (Å²) in [7, 11) is 0. The molecule has 6 atom stereocenters. The molecule has 4 aliphatic carbocycles. The highest BCUT2D eigenvalue weighted by Gasteiger charge is 2.59. The number of aryl methyl sites for hydroxylation is 1. The van der Waals surface area contributed by atoms with Gasteiger partial charge in [0.25, 0.3) is 0 Å². The van der Waals surface area contributed by atoms with E-state index < -0.39 is 0 Å². The molecule has 0 bridgehead atoms. The number of fused-ring (bicyclic) bond motifs is 5. The predicted octanol–water partition coefficient (Wildman–Crippen LogP) is 6.06. The molecule has 0 saturated heterocycles. The molecule has 3 saturated carbocycles. The van der Waals surface area contributed by atoms with Crippen molar-refractivity contribution in [3.05, 3.63) is 47.5 Å². The van der Waals surface area contributed by atoms with Gasteiger partial charge in [-0.3, -0.25) is 9.59 Å². The summed E-state index contributed by atoms with van der Waals surface area (Å²) in [5, 5.41) is 0. The first-order valence-corrected chi connectivity index (χ1v) is 12.4. The number of hydrogen-bond acceptors (Lipinski definition) is 3. The maximum atomic E-state index is 12.7. The first-order chi connectivity index (χ1) is 14.9. The molecule has 5 unspecified atom stereocenters. The Morgan fingerprint density at radius 2 is 1.81 bits per heavy atom. The van der Waals surface area contributed by atoms with Crippen LogP contribution in [0.25, 0.3) is 0 Å². The lowest BCUT2D eigenvalue weighted by Crippen LogP contribution is -2.51. The van der Waals surface area contributed by atoms with Crippen LogP contribution in [0.3, 0.4) is 0 Å². The molecular formula is C28H36O3. The summed E-state index contributed by atoms with van der Waals surface area (Å²) in [6.07, 6.45) is 11.8. The molecule has 3 heteroatoms. The third kappa shape index (κ3) is 3.58. The maximum Gasteiger partial charge on any atom is 0.306 e. The van der Waals surface area contributed by atoms with Crippen LogP contribution in [-0.4, -0.2) is 17.9 Å². The van der Waals surface area contributed by atoms with E-state index in [4.69, 9.17) is 4.74 Å². The van der Waals surface area contributed by atoms with Crippen molar-refractivity contribution < 1.29 is 14.3 Å². The number of hydrogen-bond donors (Lipinski definition) is 0. The van der Waals surface area contributed by atoms with Gasteiger partial charge >= 0.3 is 5.97 Å². The smallest absolute Gasteiger partial charge is 0.306 e. The van der Waals surface area contributed by atoms with Crippen LogP contribution in [0.15, 0.2) is 42.0 Å². The fourth-order valence-electron chi connectivity index (χ4n) is 7.81. The van der Waals surface area contributed by atoms with Gasteiger partial charge in [-0.2, -0.15) is 0 Å². The molecule has 0 amide bonds. The second-order valence-electron chi connectivity index (χ2n) is 11.1. The van der Waals surface area contributed by atoms with Gasteiger partial charge in [0.1, 0.15) is 6.10 Å². The molecule has 0 heterocycles. The maximum absolute atomic E-state index is 12.7. The van der Waals surface area contributed by atoms with Crippen molar-refractivity contribution in [1.82, 2.24) is 0 Å². The normalized spacial score (nSPS) is 39.2. The summed E-state index contributed by atoms with van der Waals surface area (Å²) in [6.45, 7) is 4.83. The lowest BCUT2D eigenvalue weighted by atomic mass is 9.47. The van der Waals surface area contributed by atoms with Crippen molar-refractivity contribution >= 4 is 11.8 Å². The van der Waals surface area contributed by atoms with Gasteiger partial charge in [0.05, 0.1) is 0 Å². The third-order valence-electron chi connectivity index (χ3n) is 9.61. The molecule has 1 aromatic rings. The Kier molecular flexibility index (Phi) is 5.35. The zero-order chi connectivity index (χ0) is 21.6. The van der Waals surface area contributed by atoms with Crippen LogP contribution < -0.4 is 0 Å². The zero-order valence-electron chi connectivity index (χ0n) is 19.1. The highest BCUT2D eigenvalue weighted by atomic mass is 16.5. The molecular weight excluding hydrogens is 384 g/mol. The molecule has 3 fully saturated rings. The fraction of sp³-hybridized carbons (Fsp3) is 0.643. The first-order valence-electron chi connectivity index (χ1n) is 12.4. The number of ether oxygens (including phenoxy) is 1. The fourth-order valence-corrected chi connectivity index (χ4v) is 7.81. The summed E-state index contributed by atoms with van der Waals surface area (Å²) < 4.78 is 6.14. The SMILES string of the molecule is CC12CCC(=O)C=C1CCC1C2CCC2(C)C1CC[C@@H]2OC(=O)CCc1ccccc1. The van der Waals surface area contributed by atoms with Gasteiger partial charge in [-0.05, 0) is 86.2 Å². The van der Waals surface area contributed by atoms with Crippen molar-refractivity contribution in [2.45, 2.75) is 84.2 Å². The van der Waals surface area contributed by atoms with E-state index in [1.807, 2.05) is 24.3 Å². The van der Waals surface area contributed by atoms with E-state index in [1.54, 1.807) is 0 Å². The Bertz CT molecular complexity index is 887. The van der Waals surface area contributed by atoms with E-state index in [9.17, 15) is 9.59 Å². The highest BCUT2D eigenvalue weighted by molar-refractivity contribution is 5.91.